The van der Waals surface area contributed by atoms with Crippen LogP contribution in [0, 0.1) is 11.8 Å². The average Bonchev–Trinajstić information content (AvgIpc) is 2.84. The summed E-state index contributed by atoms with van der Waals surface area (Å²) in [5.74, 6) is 1.87. The lowest BCUT2D eigenvalue weighted by Crippen LogP contribution is -2.31. The van der Waals surface area contributed by atoms with Crippen LogP contribution in [0.2, 0.25) is 0 Å². The van der Waals surface area contributed by atoms with Gasteiger partial charge in [-0.15, -0.1) is 11.6 Å². The maximum absolute atomic E-state index is 11.9. The van der Waals surface area contributed by atoms with Crippen LogP contribution in [-0.2, 0) is 0 Å². The number of carbonyl (C=O) groups excluding carboxylic acids is 1. The molecule has 1 aliphatic rings. The molecule has 17 heavy (non-hydrogen) atoms. The number of carbonyl (C=O) groups is 1. The lowest BCUT2D eigenvalue weighted by Gasteiger charge is -2.17. The number of hydrogen-bond acceptors (Lipinski definition) is 1. The first-order valence-electron chi connectivity index (χ1n) is 6.20. The Balaban J connectivity index is 1.84. The summed E-state index contributed by atoms with van der Waals surface area (Å²) >= 11 is 5.92. The summed E-state index contributed by atoms with van der Waals surface area (Å²) in [5, 5.41) is 3.01. The normalized spacial score (nSPS) is 23.6. The highest BCUT2D eigenvalue weighted by atomic mass is 35.5. The number of nitrogens with one attached hydrogen (secondary N) is 1. The zero-order valence-corrected chi connectivity index (χ0v) is 10.6. The number of halogens is 1. The molecule has 0 bridgehead atoms. The number of rotatable bonds is 4. The average molecular weight is 252 g/mol. The molecule has 0 saturated heterocycles. The Bertz CT molecular complexity index is 366. The van der Waals surface area contributed by atoms with Gasteiger partial charge in [0, 0.05) is 18.0 Å². The Labute approximate surface area is 107 Å². The van der Waals surface area contributed by atoms with Crippen LogP contribution < -0.4 is 5.32 Å². The number of amides is 1. The zero-order valence-electron chi connectivity index (χ0n) is 9.86. The molecule has 0 radical (unpaired) electrons. The van der Waals surface area contributed by atoms with Crippen LogP contribution in [0.25, 0.3) is 0 Å². The standard InChI is InChI=1S/C14H18ClNO/c15-9-12-7-4-8-13(12)10-16-14(17)11-5-2-1-3-6-11/h1-3,5-6,12-13H,4,7-10H2,(H,16,17). The third-order valence-electron chi connectivity index (χ3n) is 3.58. The molecule has 2 unspecified atom stereocenters. The molecule has 1 saturated carbocycles. The van der Waals surface area contributed by atoms with Gasteiger partial charge in [0.1, 0.15) is 0 Å². The van der Waals surface area contributed by atoms with Gasteiger partial charge in [0.05, 0.1) is 0 Å². The molecule has 2 atom stereocenters. The molecule has 2 nitrogen and oxygen atoms in total. The molecule has 1 aromatic rings. The van der Waals surface area contributed by atoms with E-state index in [1.54, 1.807) is 0 Å². The maximum Gasteiger partial charge on any atom is 0.251 e. The van der Waals surface area contributed by atoms with E-state index in [2.05, 4.69) is 5.32 Å². The Morgan fingerprint density at radius 3 is 2.65 bits per heavy atom. The summed E-state index contributed by atoms with van der Waals surface area (Å²) in [6, 6.07) is 9.35. The van der Waals surface area contributed by atoms with Gasteiger partial charge >= 0.3 is 0 Å². The second kappa shape index (κ2) is 6.06. The molecule has 0 aliphatic heterocycles. The van der Waals surface area contributed by atoms with Gasteiger partial charge in [0.15, 0.2) is 0 Å². The fourth-order valence-electron chi connectivity index (χ4n) is 2.50. The quantitative estimate of drug-likeness (QED) is 0.819. The molecule has 1 aromatic carbocycles. The molecular weight excluding hydrogens is 234 g/mol. The number of alkyl halides is 1. The second-order valence-corrected chi connectivity index (χ2v) is 4.99. The monoisotopic (exact) mass is 251 g/mol. The van der Waals surface area contributed by atoms with Crippen molar-refractivity contribution in [2.24, 2.45) is 11.8 Å². The molecule has 0 aromatic heterocycles. The van der Waals surface area contributed by atoms with Crippen molar-refractivity contribution >= 4 is 17.5 Å². The van der Waals surface area contributed by atoms with Gasteiger partial charge in [-0.2, -0.15) is 0 Å². The Hall–Kier alpha value is -1.02. The minimum Gasteiger partial charge on any atom is -0.352 e. The summed E-state index contributed by atoms with van der Waals surface area (Å²) in [6.45, 7) is 0.755. The van der Waals surface area contributed by atoms with Crippen molar-refractivity contribution in [3.05, 3.63) is 35.9 Å². The lowest BCUT2D eigenvalue weighted by atomic mass is 9.98. The Kier molecular flexibility index (Phi) is 4.43. The van der Waals surface area contributed by atoms with E-state index >= 15 is 0 Å². The van der Waals surface area contributed by atoms with Crippen LogP contribution in [0.15, 0.2) is 30.3 Å². The van der Waals surface area contributed by atoms with E-state index < -0.39 is 0 Å². The van der Waals surface area contributed by atoms with Gasteiger partial charge in [-0.25, -0.2) is 0 Å². The number of benzene rings is 1. The molecular formula is C14H18ClNO. The van der Waals surface area contributed by atoms with E-state index in [0.717, 1.165) is 12.1 Å². The minimum atomic E-state index is 0.0193. The predicted octanol–water partition coefficient (Wildman–Crippen LogP) is 3.07. The molecule has 1 aliphatic carbocycles. The van der Waals surface area contributed by atoms with E-state index in [-0.39, 0.29) is 5.91 Å². The molecule has 3 heteroatoms. The molecule has 92 valence electrons. The summed E-state index contributed by atoms with van der Waals surface area (Å²) in [6.07, 6.45) is 3.63. The topological polar surface area (TPSA) is 29.1 Å². The van der Waals surface area contributed by atoms with Crippen molar-refractivity contribution in [3.63, 3.8) is 0 Å². The Morgan fingerprint density at radius 2 is 1.94 bits per heavy atom. The van der Waals surface area contributed by atoms with Crippen molar-refractivity contribution in [3.8, 4) is 0 Å². The highest BCUT2D eigenvalue weighted by Crippen LogP contribution is 2.31. The van der Waals surface area contributed by atoms with E-state index in [4.69, 9.17) is 11.6 Å². The smallest absolute Gasteiger partial charge is 0.251 e. The molecule has 1 N–H and O–H groups in total. The number of hydrogen-bond donors (Lipinski definition) is 1. The third kappa shape index (κ3) is 3.22. The summed E-state index contributed by atoms with van der Waals surface area (Å²) in [4.78, 5) is 11.9. The third-order valence-corrected chi connectivity index (χ3v) is 3.97. The summed E-state index contributed by atoms with van der Waals surface area (Å²) < 4.78 is 0. The predicted molar refractivity (Wildman–Crippen MR) is 70.3 cm³/mol. The first-order chi connectivity index (χ1) is 8.31. The van der Waals surface area contributed by atoms with Crippen LogP contribution >= 0.6 is 11.6 Å². The van der Waals surface area contributed by atoms with E-state index in [1.165, 1.54) is 19.3 Å². The van der Waals surface area contributed by atoms with Crippen molar-refractivity contribution in [1.82, 2.24) is 5.32 Å². The summed E-state index contributed by atoms with van der Waals surface area (Å²) in [7, 11) is 0. The fourth-order valence-corrected chi connectivity index (χ4v) is 2.91. The Morgan fingerprint density at radius 1 is 1.24 bits per heavy atom. The van der Waals surface area contributed by atoms with Crippen LogP contribution in [0.3, 0.4) is 0 Å². The minimum absolute atomic E-state index is 0.0193. The SMILES string of the molecule is O=C(NCC1CCCC1CCl)c1ccccc1. The summed E-state index contributed by atoms with van der Waals surface area (Å²) in [5.41, 5.74) is 0.730. The highest BCUT2D eigenvalue weighted by molar-refractivity contribution is 6.18. The molecule has 0 spiro atoms. The van der Waals surface area contributed by atoms with Gasteiger partial charge in [0.2, 0.25) is 0 Å². The van der Waals surface area contributed by atoms with Gasteiger partial charge in [-0.05, 0) is 36.8 Å². The molecule has 1 fully saturated rings. The van der Waals surface area contributed by atoms with E-state index in [0.29, 0.717) is 17.7 Å². The van der Waals surface area contributed by atoms with Gasteiger partial charge in [-0.1, -0.05) is 24.6 Å². The van der Waals surface area contributed by atoms with Crippen molar-refractivity contribution in [2.75, 3.05) is 12.4 Å². The fraction of sp³-hybridized carbons (Fsp3) is 0.500. The zero-order chi connectivity index (χ0) is 12.1. The van der Waals surface area contributed by atoms with E-state index in [9.17, 15) is 4.79 Å². The highest BCUT2D eigenvalue weighted by Gasteiger charge is 2.26. The molecule has 0 heterocycles. The molecule has 1 amide bonds. The first-order valence-corrected chi connectivity index (χ1v) is 6.74. The van der Waals surface area contributed by atoms with Crippen LogP contribution in [0.1, 0.15) is 29.6 Å². The van der Waals surface area contributed by atoms with Crippen molar-refractivity contribution < 1.29 is 4.79 Å². The van der Waals surface area contributed by atoms with Crippen LogP contribution in [-0.4, -0.2) is 18.3 Å². The van der Waals surface area contributed by atoms with E-state index in [1.807, 2.05) is 30.3 Å². The van der Waals surface area contributed by atoms with Crippen molar-refractivity contribution in [2.45, 2.75) is 19.3 Å². The molecule has 2 rings (SSSR count). The van der Waals surface area contributed by atoms with Crippen LogP contribution in [0.4, 0.5) is 0 Å². The van der Waals surface area contributed by atoms with Crippen molar-refractivity contribution in [1.29, 1.82) is 0 Å². The van der Waals surface area contributed by atoms with Gasteiger partial charge in [-0.3, -0.25) is 4.79 Å². The largest absolute Gasteiger partial charge is 0.352 e. The van der Waals surface area contributed by atoms with Gasteiger partial charge < -0.3 is 5.32 Å². The lowest BCUT2D eigenvalue weighted by molar-refractivity contribution is 0.0944. The maximum atomic E-state index is 11.9. The first kappa shape index (κ1) is 12.4. The van der Waals surface area contributed by atoms with Crippen LogP contribution in [0.5, 0.6) is 0 Å². The van der Waals surface area contributed by atoms with Gasteiger partial charge in [0.25, 0.3) is 5.91 Å². The second-order valence-electron chi connectivity index (χ2n) is 4.68.